The highest BCUT2D eigenvalue weighted by molar-refractivity contribution is 6.30. The van der Waals surface area contributed by atoms with Gasteiger partial charge in [-0.05, 0) is 47.5 Å². The molecule has 0 atom stereocenters. The van der Waals surface area contributed by atoms with Crippen molar-refractivity contribution in [1.29, 1.82) is 0 Å². The van der Waals surface area contributed by atoms with Crippen molar-refractivity contribution in [2.75, 3.05) is 41.9 Å². The molecule has 0 bridgehead atoms. The molecule has 182 valence electrons. The van der Waals surface area contributed by atoms with Crippen LogP contribution < -0.4 is 15.6 Å². The van der Waals surface area contributed by atoms with E-state index in [-0.39, 0.29) is 11.8 Å². The summed E-state index contributed by atoms with van der Waals surface area (Å²) in [6, 6.07) is 19.6. The van der Waals surface area contributed by atoms with Gasteiger partial charge in [0.1, 0.15) is 0 Å². The van der Waals surface area contributed by atoms with Crippen LogP contribution in [0.25, 0.3) is 11.1 Å². The summed E-state index contributed by atoms with van der Waals surface area (Å²) in [5, 5.41) is 8.19. The standard InChI is InChI=1S/C26H23ClFN7O/c27-20-5-1-3-18(13-20)19-4-2-6-21(14-19)32-23-8-7-22(29-15-23)16-31-34-26-30-17-24(28)25(33-26)35-9-11-36-12-10-35/h1-8,13-17,32H,9-12H2,(H,30,33,34)/b31-16+. The number of halogens is 2. The van der Waals surface area contributed by atoms with Crippen LogP contribution in [0.4, 0.5) is 27.5 Å². The van der Waals surface area contributed by atoms with Crippen LogP contribution in [0.1, 0.15) is 5.69 Å². The van der Waals surface area contributed by atoms with E-state index in [1.165, 1.54) is 0 Å². The van der Waals surface area contributed by atoms with Crippen LogP contribution in [-0.4, -0.2) is 47.5 Å². The van der Waals surface area contributed by atoms with Gasteiger partial charge in [-0.25, -0.2) is 14.8 Å². The number of rotatable bonds is 7. The molecule has 8 nitrogen and oxygen atoms in total. The van der Waals surface area contributed by atoms with E-state index in [1.54, 1.807) is 12.4 Å². The van der Waals surface area contributed by atoms with Gasteiger partial charge in [-0.1, -0.05) is 35.9 Å². The summed E-state index contributed by atoms with van der Waals surface area (Å²) in [7, 11) is 0. The average Bonchev–Trinajstić information content (AvgIpc) is 2.91. The van der Waals surface area contributed by atoms with Gasteiger partial charge in [0.05, 0.1) is 43.2 Å². The molecule has 1 aliphatic rings. The van der Waals surface area contributed by atoms with E-state index in [0.717, 1.165) is 28.7 Å². The molecule has 1 fully saturated rings. The molecule has 0 aliphatic carbocycles. The van der Waals surface area contributed by atoms with Crippen LogP contribution >= 0.6 is 11.6 Å². The number of hydrogen-bond donors (Lipinski definition) is 2. The van der Waals surface area contributed by atoms with Gasteiger partial charge in [-0.3, -0.25) is 4.98 Å². The topological polar surface area (TPSA) is 87.6 Å². The van der Waals surface area contributed by atoms with Gasteiger partial charge in [0.2, 0.25) is 5.95 Å². The number of anilines is 4. The van der Waals surface area contributed by atoms with Crippen molar-refractivity contribution in [1.82, 2.24) is 15.0 Å². The maximum absolute atomic E-state index is 14.2. The van der Waals surface area contributed by atoms with E-state index in [4.69, 9.17) is 16.3 Å². The van der Waals surface area contributed by atoms with Gasteiger partial charge in [0.15, 0.2) is 11.6 Å². The third-order valence-electron chi connectivity index (χ3n) is 5.49. The summed E-state index contributed by atoms with van der Waals surface area (Å²) >= 11 is 6.13. The molecule has 0 amide bonds. The van der Waals surface area contributed by atoms with Gasteiger partial charge in [-0.2, -0.15) is 10.1 Å². The molecule has 4 aromatic rings. The van der Waals surface area contributed by atoms with E-state index in [0.29, 0.717) is 37.0 Å². The van der Waals surface area contributed by atoms with Crippen molar-refractivity contribution in [3.05, 3.63) is 89.6 Å². The molecular formula is C26H23ClFN7O. The molecule has 0 radical (unpaired) electrons. The number of nitrogens with one attached hydrogen (secondary N) is 2. The minimum absolute atomic E-state index is 0.201. The molecule has 10 heteroatoms. The summed E-state index contributed by atoms with van der Waals surface area (Å²) in [5.74, 6) is -0.0414. The molecule has 0 unspecified atom stereocenters. The van der Waals surface area contributed by atoms with E-state index < -0.39 is 5.82 Å². The molecule has 1 aliphatic heterocycles. The SMILES string of the molecule is Fc1cnc(N/N=C/c2ccc(Nc3cccc(-c4cccc(Cl)c4)c3)cn2)nc1N1CCOCC1. The van der Waals surface area contributed by atoms with Crippen LogP contribution in [0.5, 0.6) is 0 Å². The maximum Gasteiger partial charge on any atom is 0.245 e. The Morgan fingerprint density at radius 2 is 1.75 bits per heavy atom. The minimum atomic E-state index is -0.478. The number of aromatic nitrogens is 3. The van der Waals surface area contributed by atoms with E-state index >= 15 is 0 Å². The smallest absolute Gasteiger partial charge is 0.245 e. The van der Waals surface area contributed by atoms with Crippen molar-refractivity contribution in [3.8, 4) is 11.1 Å². The highest BCUT2D eigenvalue weighted by atomic mass is 35.5. The van der Waals surface area contributed by atoms with Gasteiger partial charge in [-0.15, -0.1) is 0 Å². The molecule has 3 heterocycles. The Morgan fingerprint density at radius 1 is 0.944 bits per heavy atom. The van der Waals surface area contributed by atoms with Crippen molar-refractivity contribution in [2.24, 2.45) is 5.10 Å². The first-order chi connectivity index (χ1) is 17.6. The fourth-order valence-corrected chi connectivity index (χ4v) is 3.92. The Hall–Kier alpha value is -4.08. The Kier molecular flexibility index (Phi) is 7.30. The van der Waals surface area contributed by atoms with Crippen molar-refractivity contribution < 1.29 is 9.13 Å². The number of pyridine rings is 1. The first kappa shape index (κ1) is 23.7. The summed E-state index contributed by atoms with van der Waals surface area (Å²) in [4.78, 5) is 14.4. The second kappa shape index (κ2) is 11.1. The highest BCUT2D eigenvalue weighted by Crippen LogP contribution is 2.26. The molecule has 36 heavy (non-hydrogen) atoms. The fourth-order valence-electron chi connectivity index (χ4n) is 3.73. The van der Waals surface area contributed by atoms with E-state index in [9.17, 15) is 4.39 Å². The van der Waals surface area contributed by atoms with Crippen LogP contribution in [0, 0.1) is 5.82 Å². The lowest BCUT2D eigenvalue weighted by atomic mass is 10.1. The van der Waals surface area contributed by atoms with Crippen LogP contribution in [0.2, 0.25) is 5.02 Å². The number of hydrazone groups is 1. The van der Waals surface area contributed by atoms with Gasteiger partial charge < -0.3 is 15.0 Å². The largest absolute Gasteiger partial charge is 0.378 e. The third kappa shape index (κ3) is 5.94. The lowest BCUT2D eigenvalue weighted by Gasteiger charge is -2.27. The van der Waals surface area contributed by atoms with Crippen molar-refractivity contribution in [2.45, 2.75) is 0 Å². The Labute approximate surface area is 212 Å². The number of nitrogens with zero attached hydrogens (tertiary/aromatic N) is 5. The molecule has 2 aromatic heterocycles. The minimum Gasteiger partial charge on any atom is -0.378 e. The van der Waals surface area contributed by atoms with Crippen molar-refractivity contribution >= 4 is 41.0 Å². The van der Waals surface area contributed by atoms with E-state index in [2.05, 4.69) is 36.9 Å². The predicted octanol–water partition coefficient (Wildman–Crippen LogP) is 5.36. The number of ether oxygens (including phenoxy) is 1. The molecule has 1 saturated heterocycles. The predicted molar refractivity (Wildman–Crippen MR) is 141 cm³/mol. The second-order valence-corrected chi connectivity index (χ2v) is 8.46. The average molecular weight is 504 g/mol. The summed E-state index contributed by atoms with van der Waals surface area (Å²) < 4.78 is 19.5. The zero-order valence-corrected chi connectivity index (χ0v) is 20.0. The molecule has 0 spiro atoms. The van der Waals surface area contributed by atoms with E-state index in [1.807, 2.05) is 59.5 Å². The molecular weight excluding hydrogens is 481 g/mol. The summed E-state index contributed by atoms with van der Waals surface area (Å²) in [6.45, 7) is 2.22. The third-order valence-corrected chi connectivity index (χ3v) is 5.73. The normalized spacial score (nSPS) is 13.7. The lowest BCUT2D eigenvalue weighted by Crippen LogP contribution is -2.37. The Bertz CT molecular complexity index is 1360. The molecule has 0 saturated carbocycles. The van der Waals surface area contributed by atoms with Gasteiger partial charge in [0.25, 0.3) is 0 Å². The number of hydrogen-bond acceptors (Lipinski definition) is 8. The number of benzene rings is 2. The lowest BCUT2D eigenvalue weighted by molar-refractivity contribution is 0.122. The van der Waals surface area contributed by atoms with Crippen LogP contribution in [0.3, 0.4) is 0 Å². The zero-order valence-electron chi connectivity index (χ0n) is 19.2. The summed E-state index contributed by atoms with van der Waals surface area (Å²) in [5.41, 5.74) is 7.25. The maximum atomic E-state index is 14.2. The molecule has 2 N–H and O–H groups in total. The molecule has 5 rings (SSSR count). The first-order valence-corrected chi connectivity index (χ1v) is 11.8. The second-order valence-electron chi connectivity index (χ2n) is 8.02. The van der Waals surface area contributed by atoms with Crippen LogP contribution in [-0.2, 0) is 4.74 Å². The highest BCUT2D eigenvalue weighted by Gasteiger charge is 2.17. The van der Waals surface area contributed by atoms with Crippen molar-refractivity contribution in [3.63, 3.8) is 0 Å². The first-order valence-electron chi connectivity index (χ1n) is 11.4. The van der Waals surface area contributed by atoms with Crippen LogP contribution in [0.15, 0.2) is 78.2 Å². The molecule has 2 aromatic carbocycles. The number of morpholine rings is 1. The summed E-state index contributed by atoms with van der Waals surface area (Å²) in [6.07, 6.45) is 4.40. The zero-order chi connectivity index (χ0) is 24.7. The van der Waals surface area contributed by atoms with Gasteiger partial charge in [0, 0.05) is 23.8 Å². The Morgan fingerprint density at radius 3 is 2.53 bits per heavy atom. The fraction of sp³-hybridized carbons (Fsp3) is 0.154. The Balaban J connectivity index is 1.21. The van der Waals surface area contributed by atoms with Gasteiger partial charge >= 0.3 is 0 Å². The monoisotopic (exact) mass is 503 g/mol. The quantitative estimate of drug-likeness (QED) is 0.259.